The maximum Gasteiger partial charge on any atom is 0.253 e. The number of hydrogen-bond acceptors (Lipinski definition) is 3. The van der Waals surface area contributed by atoms with Crippen molar-refractivity contribution in [3.63, 3.8) is 0 Å². The van der Waals surface area contributed by atoms with Crippen LogP contribution in [0, 0.1) is 0 Å². The number of halogens is 1. The first-order valence-corrected chi connectivity index (χ1v) is 9.27. The van der Waals surface area contributed by atoms with Crippen molar-refractivity contribution in [3.05, 3.63) is 34.9 Å². The molecule has 1 aliphatic heterocycles. The fraction of sp³-hybridized carbons (Fsp3) is 0.579. The monoisotopic (exact) mass is 365 g/mol. The van der Waals surface area contributed by atoms with E-state index < -0.39 is 6.04 Å². The molecule has 6 heteroatoms. The van der Waals surface area contributed by atoms with Gasteiger partial charge < -0.3 is 10.6 Å². The Kier molecular flexibility index (Phi) is 6.85. The lowest BCUT2D eigenvalue weighted by atomic mass is 9.98. The van der Waals surface area contributed by atoms with Gasteiger partial charge in [-0.15, -0.1) is 0 Å². The third-order valence-corrected chi connectivity index (χ3v) is 5.10. The average molecular weight is 366 g/mol. The van der Waals surface area contributed by atoms with Crippen LogP contribution in [0.5, 0.6) is 0 Å². The van der Waals surface area contributed by atoms with Crippen LogP contribution in [0.3, 0.4) is 0 Å². The number of nitrogens with zero attached hydrogens (tertiary/aromatic N) is 1. The smallest absolute Gasteiger partial charge is 0.253 e. The van der Waals surface area contributed by atoms with Crippen LogP contribution in [-0.4, -0.2) is 47.9 Å². The summed E-state index contributed by atoms with van der Waals surface area (Å²) in [5.41, 5.74) is 0.278. The fourth-order valence-electron chi connectivity index (χ4n) is 3.05. The molecule has 2 N–H and O–H groups in total. The van der Waals surface area contributed by atoms with E-state index in [1.165, 1.54) is 19.3 Å². The third-order valence-electron chi connectivity index (χ3n) is 4.77. The predicted molar refractivity (Wildman–Crippen MR) is 101 cm³/mol. The van der Waals surface area contributed by atoms with Gasteiger partial charge >= 0.3 is 0 Å². The molecule has 1 unspecified atom stereocenters. The SMILES string of the molecule is CC(NC(=O)c1ccccc1Cl)C(=O)NCC(C)(C)N1CCCCC1. The van der Waals surface area contributed by atoms with Gasteiger partial charge in [-0.3, -0.25) is 14.5 Å². The van der Waals surface area contributed by atoms with Gasteiger partial charge in [0.1, 0.15) is 6.04 Å². The number of amides is 2. The highest BCUT2D eigenvalue weighted by Gasteiger charge is 2.29. The second-order valence-electron chi connectivity index (χ2n) is 7.25. The zero-order valence-corrected chi connectivity index (χ0v) is 16.0. The number of benzene rings is 1. The normalized spacial score (nSPS) is 17.0. The first kappa shape index (κ1) is 19.7. The van der Waals surface area contributed by atoms with Crippen molar-refractivity contribution in [2.75, 3.05) is 19.6 Å². The Labute approximate surface area is 155 Å². The first-order chi connectivity index (χ1) is 11.8. The van der Waals surface area contributed by atoms with E-state index in [2.05, 4.69) is 29.4 Å². The predicted octanol–water partition coefficient (Wildman–Crippen LogP) is 2.84. The summed E-state index contributed by atoms with van der Waals surface area (Å²) in [5.74, 6) is -0.533. The molecule has 0 aliphatic carbocycles. The lowest BCUT2D eigenvalue weighted by Crippen LogP contribution is -2.55. The summed E-state index contributed by atoms with van der Waals surface area (Å²) in [6.07, 6.45) is 3.70. The number of likely N-dealkylation sites (tertiary alicyclic amines) is 1. The molecule has 1 saturated heterocycles. The van der Waals surface area contributed by atoms with E-state index in [1.54, 1.807) is 31.2 Å². The average Bonchev–Trinajstić information content (AvgIpc) is 2.60. The van der Waals surface area contributed by atoms with Crippen molar-refractivity contribution in [1.29, 1.82) is 0 Å². The molecule has 0 spiro atoms. The molecule has 138 valence electrons. The van der Waals surface area contributed by atoms with E-state index in [4.69, 9.17) is 11.6 Å². The van der Waals surface area contributed by atoms with Crippen LogP contribution in [0.25, 0.3) is 0 Å². The van der Waals surface area contributed by atoms with Crippen LogP contribution in [0.1, 0.15) is 50.4 Å². The molecule has 1 fully saturated rings. The van der Waals surface area contributed by atoms with Gasteiger partial charge in [-0.05, 0) is 58.8 Å². The van der Waals surface area contributed by atoms with Crippen molar-refractivity contribution in [3.8, 4) is 0 Å². The zero-order valence-electron chi connectivity index (χ0n) is 15.3. The summed E-state index contributed by atoms with van der Waals surface area (Å²) >= 11 is 6.02. The quantitative estimate of drug-likeness (QED) is 0.814. The minimum Gasteiger partial charge on any atom is -0.352 e. The van der Waals surface area contributed by atoms with Crippen LogP contribution in [-0.2, 0) is 4.79 Å². The van der Waals surface area contributed by atoms with E-state index in [9.17, 15) is 9.59 Å². The maximum atomic E-state index is 12.3. The number of nitrogens with one attached hydrogen (secondary N) is 2. The highest BCUT2D eigenvalue weighted by atomic mass is 35.5. The van der Waals surface area contributed by atoms with Gasteiger partial charge in [0.15, 0.2) is 0 Å². The molecular weight excluding hydrogens is 338 g/mol. The Balaban J connectivity index is 1.85. The molecule has 0 bridgehead atoms. The largest absolute Gasteiger partial charge is 0.352 e. The summed E-state index contributed by atoms with van der Waals surface area (Å²) in [5, 5.41) is 6.04. The summed E-state index contributed by atoms with van der Waals surface area (Å²) < 4.78 is 0. The topological polar surface area (TPSA) is 61.4 Å². The minimum absolute atomic E-state index is 0.0947. The molecule has 0 aromatic heterocycles. The van der Waals surface area contributed by atoms with E-state index in [0.717, 1.165) is 13.1 Å². The molecule has 0 radical (unpaired) electrons. The maximum absolute atomic E-state index is 12.3. The second-order valence-corrected chi connectivity index (χ2v) is 7.66. The summed E-state index contributed by atoms with van der Waals surface area (Å²) in [7, 11) is 0. The van der Waals surface area contributed by atoms with Crippen molar-refractivity contribution < 1.29 is 9.59 Å². The molecule has 1 aromatic rings. The van der Waals surface area contributed by atoms with Crippen molar-refractivity contribution in [1.82, 2.24) is 15.5 Å². The molecule has 1 aromatic carbocycles. The summed E-state index contributed by atoms with van der Waals surface area (Å²) in [6.45, 7) is 8.66. The zero-order chi connectivity index (χ0) is 18.4. The number of carbonyl (C=O) groups is 2. The van der Waals surface area contributed by atoms with Gasteiger partial charge in [0, 0.05) is 12.1 Å². The molecule has 2 amide bonds. The van der Waals surface area contributed by atoms with Crippen LogP contribution in [0.4, 0.5) is 0 Å². The Hall–Kier alpha value is -1.59. The molecule has 5 nitrogen and oxygen atoms in total. The minimum atomic E-state index is -0.624. The van der Waals surface area contributed by atoms with Gasteiger partial charge in [-0.2, -0.15) is 0 Å². The van der Waals surface area contributed by atoms with Crippen LogP contribution in [0.2, 0.25) is 5.02 Å². The van der Waals surface area contributed by atoms with Gasteiger partial charge in [0.2, 0.25) is 5.91 Å². The van der Waals surface area contributed by atoms with Gasteiger partial charge in [0.05, 0.1) is 10.6 Å². The molecule has 2 rings (SSSR count). The third kappa shape index (κ3) is 5.44. The Morgan fingerprint density at radius 1 is 1.20 bits per heavy atom. The Morgan fingerprint density at radius 2 is 1.84 bits per heavy atom. The lowest BCUT2D eigenvalue weighted by molar-refractivity contribution is -0.123. The van der Waals surface area contributed by atoms with Crippen LogP contribution < -0.4 is 10.6 Å². The van der Waals surface area contributed by atoms with Gasteiger partial charge in [-0.1, -0.05) is 30.2 Å². The molecular formula is C19H28ClN3O2. The van der Waals surface area contributed by atoms with Crippen molar-refractivity contribution in [2.45, 2.75) is 51.6 Å². The second kappa shape index (κ2) is 8.68. The van der Waals surface area contributed by atoms with E-state index in [1.807, 2.05) is 0 Å². The van der Waals surface area contributed by atoms with Gasteiger partial charge in [0.25, 0.3) is 5.91 Å². The highest BCUT2D eigenvalue weighted by molar-refractivity contribution is 6.33. The van der Waals surface area contributed by atoms with E-state index in [-0.39, 0.29) is 17.4 Å². The molecule has 0 saturated carbocycles. The summed E-state index contributed by atoms with van der Waals surface area (Å²) in [4.78, 5) is 27.0. The van der Waals surface area contributed by atoms with E-state index >= 15 is 0 Å². The van der Waals surface area contributed by atoms with Crippen LogP contribution >= 0.6 is 11.6 Å². The molecule has 1 atom stereocenters. The van der Waals surface area contributed by atoms with Gasteiger partial charge in [-0.25, -0.2) is 0 Å². The summed E-state index contributed by atoms with van der Waals surface area (Å²) in [6, 6.07) is 6.18. The van der Waals surface area contributed by atoms with Crippen molar-refractivity contribution in [2.24, 2.45) is 0 Å². The molecule has 1 aliphatic rings. The standard InChI is InChI=1S/C19H28ClN3O2/c1-14(22-18(25)15-9-5-6-10-16(15)20)17(24)21-13-19(2,3)23-11-7-4-8-12-23/h5-6,9-10,14H,4,7-8,11-13H2,1-3H3,(H,21,24)(H,22,25). The number of piperidine rings is 1. The number of rotatable bonds is 6. The molecule has 1 heterocycles. The van der Waals surface area contributed by atoms with Crippen molar-refractivity contribution >= 4 is 23.4 Å². The fourth-order valence-corrected chi connectivity index (χ4v) is 3.27. The number of carbonyl (C=O) groups excluding carboxylic acids is 2. The first-order valence-electron chi connectivity index (χ1n) is 8.89. The van der Waals surface area contributed by atoms with E-state index in [0.29, 0.717) is 17.1 Å². The van der Waals surface area contributed by atoms with Crippen LogP contribution in [0.15, 0.2) is 24.3 Å². The lowest BCUT2D eigenvalue weighted by Gasteiger charge is -2.41. The highest BCUT2D eigenvalue weighted by Crippen LogP contribution is 2.20. The number of hydrogen-bond donors (Lipinski definition) is 2. The Morgan fingerprint density at radius 3 is 2.48 bits per heavy atom. The molecule has 25 heavy (non-hydrogen) atoms. The Bertz CT molecular complexity index is 612.